The fourth-order valence-electron chi connectivity index (χ4n) is 2.13. The molecule has 0 fully saturated rings. The Balaban J connectivity index is 2.28. The number of aryl methyl sites for hydroxylation is 1. The average Bonchev–Trinajstić information content (AvgIpc) is 2.43. The van der Waals surface area contributed by atoms with Crippen molar-refractivity contribution in [3.63, 3.8) is 0 Å². The summed E-state index contributed by atoms with van der Waals surface area (Å²) in [6.07, 6.45) is 0.571. The van der Waals surface area contributed by atoms with Gasteiger partial charge in [-0.3, -0.25) is 0 Å². The molecule has 1 N–H and O–H groups in total. The van der Waals surface area contributed by atoms with E-state index in [1.807, 2.05) is 38.2 Å². The lowest BCUT2D eigenvalue weighted by Gasteiger charge is -2.18. The molecule has 0 radical (unpaired) electrons. The molecule has 20 heavy (non-hydrogen) atoms. The van der Waals surface area contributed by atoms with Crippen LogP contribution in [0.25, 0.3) is 0 Å². The molecule has 0 saturated carbocycles. The summed E-state index contributed by atoms with van der Waals surface area (Å²) < 4.78 is 14.7. The van der Waals surface area contributed by atoms with Gasteiger partial charge in [-0.1, -0.05) is 39.7 Å². The van der Waals surface area contributed by atoms with Gasteiger partial charge in [0.15, 0.2) is 0 Å². The van der Waals surface area contributed by atoms with E-state index in [1.165, 1.54) is 6.07 Å². The molecule has 0 amide bonds. The van der Waals surface area contributed by atoms with Gasteiger partial charge >= 0.3 is 0 Å². The molecule has 1 unspecified atom stereocenters. The first-order valence-corrected chi connectivity index (χ1v) is 7.55. The zero-order chi connectivity index (χ0) is 14.7. The molecule has 0 aliphatic rings. The molecule has 2 rings (SSSR count). The van der Waals surface area contributed by atoms with Gasteiger partial charge in [0.1, 0.15) is 5.82 Å². The lowest BCUT2D eigenvalue weighted by Crippen LogP contribution is -2.19. The average molecular weight is 357 g/mol. The van der Waals surface area contributed by atoms with Crippen molar-refractivity contribution in [2.45, 2.75) is 19.4 Å². The van der Waals surface area contributed by atoms with Gasteiger partial charge in [-0.2, -0.15) is 0 Å². The quantitative estimate of drug-likeness (QED) is 0.808. The summed E-state index contributed by atoms with van der Waals surface area (Å²) in [5.74, 6) is -0.188. The molecule has 2 aromatic rings. The number of likely N-dealkylation sites (N-methyl/N-ethyl adjacent to an activating group) is 1. The topological polar surface area (TPSA) is 12.0 Å². The minimum absolute atomic E-state index is 0.0249. The Bertz CT molecular complexity index is 615. The number of hydrogen-bond donors (Lipinski definition) is 1. The van der Waals surface area contributed by atoms with Crippen LogP contribution < -0.4 is 5.32 Å². The highest BCUT2D eigenvalue weighted by Crippen LogP contribution is 2.26. The summed E-state index contributed by atoms with van der Waals surface area (Å²) in [5, 5.41) is 3.95. The summed E-state index contributed by atoms with van der Waals surface area (Å²) in [6.45, 7) is 1.97. The fraction of sp³-hybridized carbons (Fsp3) is 0.250. The van der Waals surface area contributed by atoms with Gasteiger partial charge in [0, 0.05) is 15.5 Å². The fourth-order valence-corrected chi connectivity index (χ4v) is 2.73. The van der Waals surface area contributed by atoms with Crippen LogP contribution in [0.2, 0.25) is 5.02 Å². The third-order valence-electron chi connectivity index (χ3n) is 3.38. The lowest BCUT2D eigenvalue weighted by molar-refractivity contribution is 0.554. The van der Waals surface area contributed by atoms with Crippen LogP contribution in [0.15, 0.2) is 40.9 Å². The minimum Gasteiger partial charge on any atom is -0.313 e. The number of nitrogens with one attached hydrogen (secondary N) is 1. The van der Waals surface area contributed by atoms with E-state index in [0.29, 0.717) is 12.0 Å². The zero-order valence-corrected chi connectivity index (χ0v) is 13.7. The second-order valence-electron chi connectivity index (χ2n) is 4.79. The highest BCUT2D eigenvalue weighted by Gasteiger charge is 2.14. The smallest absolute Gasteiger partial charge is 0.126 e. The van der Waals surface area contributed by atoms with Crippen LogP contribution >= 0.6 is 27.5 Å². The molecule has 0 aromatic heterocycles. The van der Waals surface area contributed by atoms with Gasteiger partial charge in [0.05, 0.1) is 0 Å². The van der Waals surface area contributed by atoms with Crippen LogP contribution in [0, 0.1) is 12.7 Å². The van der Waals surface area contributed by atoms with Crippen molar-refractivity contribution in [1.82, 2.24) is 5.32 Å². The molecule has 0 spiro atoms. The largest absolute Gasteiger partial charge is 0.313 e. The third-order valence-corrected chi connectivity index (χ3v) is 4.28. The molecule has 0 saturated heterocycles. The van der Waals surface area contributed by atoms with E-state index >= 15 is 0 Å². The first-order valence-electron chi connectivity index (χ1n) is 6.38. The second-order valence-corrected chi connectivity index (χ2v) is 6.11. The van der Waals surface area contributed by atoms with Gasteiger partial charge in [0.25, 0.3) is 0 Å². The predicted octanol–water partition coefficient (Wildman–Crippen LogP) is 5.05. The summed E-state index contributed by atoms with van der Waals surface area (Å²) in [7, 11) is 1.87. The molecular weight excluding hydrogens is 341 g/mol. The van der Waals surface area contributed by atoms with Crippen molar-refractivity contribution in [2.75, 3.05) is 7.05 Å². The molecule has 0 bridgehead atoms. The van der Waals surface area contributed by atoms with E-state index < -0.39 is 0 Å². The summed E-state index contributed by atoms with van der Waals surface area (Å²) >= 11 is 9.54. The van der Waals surface area contributed by atoms with Gasteiger partial charge in [-0.25, -0.2) is 4.39 Å². The maximum atomic E-state index is 13.9. The van der Waals surface area contributed by atoms with E-state index in [-0.39, 0.29) is 11.9 Å². The number of hydrogen-bond acceptors (Lipinski definition) is 1. The van der Waals surface area contributed by atoms with Crippen molar-refractivity contribution in [3.8, 4) is 0 Å². The van der Waals surface area contributed by atoms with Crippen LogP contribution in [0.4, 0.5) is 4.39 Å². The Labute approximate surface area is 132 Å². The van der Waals surface area contributed by atoms with E-state index in [4.69, 9.17) is 11.6 Å². The van der Waals surface area contributed by atoms with Crippen LogP contribution in [-0.2, 0) is 6.42 Å². The highest BCUT2D eigenvalue weighted by atomic mass is 79.9. The Morgan fingerprint density at radius 3 is 2.65 bits per heavy atom. The first kappa shape index (κ1) is 15.5. The summed E-state index contributed by atoms with van der Waals surface area (Å²) in [5.41, 5.74) is 2.77. The van der Waals surface area contributed by atoms with Gasteiger partial charge < -0.3 is 5.32 Å². The maximum absolute atomic E-state index is 13.9. The molecule has 0 aliphatic heterocycles. The SMILES string of the molecule is CNC(Cc1cc(Br)ccc1F)c1ccc(C)c(Cl)c1. The molecule has 0 heterocycles. The molecule has 1 nitrogen and oxygen atoms in total. The van der Waals surface area contributed by atoms with Crippen LogP contribution in [0.5, 0.6) is 0 Å². The molecule has 4 heteroatoms. The number of halogens is 3. The number of rotatable bonds is 4. The first-order chi connectivity index (χ1) is 9.51. The van der Waals surface area contributed by atoms with Crippen LogP contribution in [-0.4, -0.2) is 7.05 Å². The highest BCUT2D eigenvalue weighted by molar-refractivity contribution is 9.10. The third kappa shape index (κ3) is 3.60. The maximum Gasteiger partial charge on any atom is 0.126 e. The second kappa shape index (κ2) is 6.70. The Kier molecular flexibility index (Phi) is 5.19. The summed E-state index contributed by atoms with van der Waals surface area (Å²) in [4.78, 5) is 0. The lowest BCUT2D eigenvalue weighted by atomic mass is 9.98. The van der Waals surface area contributed by atoms with Crippen molar-refractivity contribution in [3.05, 3.63) is 68.4 Å². The molecule has 0 aliphatic carbocycles. The van der Waals surface area contributed by atoms with E-state index in [9.17, 15) is 4.39 Å². The van der Waals surface area contributed by atoms with Crippen molar-refractivity contribution < 1.29 is 4.39 Å². The molecule has 1 atom stereocenters. The van der Waals surface area contributed by atoms with Crippen LogP contribution in [0.1, 0.15) is 22.7 Å². The summed E-state index contributed by atoms with van der Waals surface area (Å²) in [6, 6.07) is 11.0. The molecular formula is C16H16BrClFN. The van der Waals surface area contributed by atoms with Crippen molar-refractivity contribution in [1.29, 1.82) is 0 Å². The van der Waals surface area contributed by atoms with E-state index in [2.05, 4.69) is 21.2 Å². The predicted molar refractivity (Wildman–Crippen MR) is 85.8 cm³/mol. The standard InChI is InChI=1S/C16H16BrClFN/c1-10-3-4-11(8-14(10)18)16(20-2)9-12-7-13(17)5-6-15(12)19/h3-8,16,20H,9H2,1-2H3. The Morgan fingerprint density at radius 1 is 1.25 bits per heavy atom. The molecule has 106 valence electrons. The van der Waals surface area contributed by atoms with Crippen molar-refractivity contribution in [2.24, 2.45) is 0 Å². The van der Waals surface area contributed by atoms with E-state index in [0.717, 1.165) is 20.6 Å². The van der Waals surface area contributed by atoms with Gasteiger partial charge in [-0.05, 0) is 61.3 Å². The van der Waals surface area contributed by atoms with Crippen LogP contribution in [0.3, 0.4) is 0 Å². The van der Waals surface area contributed by atoms with Gasteiger partial charge in [-0.15, -0.1) is 0 Å². The monoisotopic (exact) mass is 355 g/mol. The zero-order valence-electron chi connectivity index (χ0n) is 11.4. The normalized spacial score (nSPS) is 12.4. The Hall–Kier alpha value is -0.900. The molecule has 2 aromatic carbocycles. The van der Waals surface area contributed by atoms with E-state index in [1.54, 1.807) is 6.07 Å². The van der Waals surface area contributed by atoms with Crippen molar-refractivity contribution >= 4 is 27.5 Å². The Morgan fingerprint density at radius 2 is 2.00 bits per heavy atom. The number of benzene rings is 2. The van der Waals surface area contributed by atoms with Gasteiger partial charge in [0.2, 0.25) is 0 Å². The minimum atomic E-state index is -0.188.